The molecule has 0 N–H and O–H groups in total. The van der Waals surface area contributed by atoms with Gasteiger partial charge in [0, 0.05) is 0 Å². The average Bonchev–Trinajstić information content (AvgIpc) is 2.62. The van der Waals surface area contributed by atoms with Crippen LogP contribution < -0.4 is 9.05 Å². The summed E-state index contributed by atoms with van der Waals surface area (Å²) in [5.41, 5.74) is 2.83. The van der Waals surface area contributed by atoms with Gasteiger partial charge in [0.05, 0.1) is 5.56 Å². The van der Waals surface area contributed by atoms with Crippen molar-refractivity contribution in [3.63, 3.8) is 0 Å². The summed E-state index contributed by atoms with van der Waals surface area (Å²) in [6.07, 6.45) is 0. The molecule has 28 heavy (non-hydrogen) atoms. The maximum atomic E-state index is 13.3. The number of phosphoric ester groups is 1. The van der Waals surface area contributed by atoms with Crippen molar-refractivity contribution in [3.05, 3.63) is 95.1 Å². The molecule has 0 bridgehead atoms. The molecule has 0 fully saturated rings. The molecule has 0 aliphatic heterocycles. The number of aryl methyl sites for hydroxylation is 3. The van der Waals surface area contributed by atoms with E-state index in [0.717, 1.165) is 16.7 Å². The van der Waals surface area contributed by atoms with Crippen LogP contribution in [0, 0.1) is 20.8 Å². The minimum absolute atomic E-state index is 0.270. The monoisotopic (exact) mass is 396 g/mol. The van der Waals surface area contributed by atoms with Gasteiger partial charge in [-0.15, -0.1) is 0 Å². The van der Waals surface area contributed by atoms with E-state index in [2.05, 4.69) is 0 Å². The van der Waals surface area contributed by atoms with Crippen LogP contribution in [-0.4, -0.2) is 5.97 Å². The molecule has 0 amide bonds. The van der Waals surface area contributed by atoms with Crippen molar-refractivity contribution in [3.8, 4) is 11.5 Å². The van der Waals surface area contributed by atoms with Gasteiger partial charge < -0.3 is 13.6 Å². The highest BCUT2D eigenvalue weighted by atomic mass is 31.2. The Morgan fingerprint density at radius 2 is 1.18 bits per heavy atom. The van der Waals surface area contributed by atoms with Gasteiger partial charge in [-0.1, -0.05) is 54.1 Å². The minimum atomic E-state index is -4.29. The lowest BCUT2D eigenvalue weighted by atomic mass is 10.0. The Labute approximate surface area is 164 Å². The summed E-state index contributed by atoms with van der Waals surface area (Å²) in [5.74, 6) is -0.218. The predicted molar refractivity (Wildman–Crippen MR) is 108 cm³/mol. The lowest BCUT2D eigenvalue weighted by Gasteiger charge is -2.19. The number of para-hydroxylation sites is 2. The van der Waals surface area contributed by atoms with Crippen LogP contribution in [0.1, 0.15) is 27.0 Å². The first-order valence-corrected chi connectivity index (χ1v) is 10.2. The van der Waals surface area contributed by atoms with E-state index in [1.54, 1.807) is 74.5 Å². The summed E-state index contributed by atoms with van der Waals surface area (Å²) in [6, 6.07) is 20.6. The molecule has 0 spiro atoms. The molecule has 0 saturated heterocycles. The number of hydrogen-bond donors (Lipinski definition) is 0. The van der Waals surface area contributed by atoms with Crippen LogP contribution in [-0.2, 0) is 9.09 Å². The Bertz CT molecular complexity index is 947. The first-order valence-electron chi connectivity index (χ1n) is 8.77. The molecule has 0 aliphatic rings. The Balaban J connectivity index is 1.93. The first kappa shape index (κ1) is 19.7. The number of phosphoric acid groups is 1. The molecular formula is C22H21O5P. The second kappa shape index (κ2) is 8.32. The lowest BCUT2D eigenvalue weighted by Crippen LogP contribution is -2.13. The van der Waals surface area contributed by atoms with Crippen molar-refractivity contribution < 1.29 is 22.9 Å². The Morgan fingerprint density at radius 1 is 0.750 bits per heavy atom. The fraction of sp³-hybridized carbons (Fsp3) is 0.136. The molecule has 0 aromatic heterocycles. The van der Waals surface area contributed by atoms with Gasteiger partial charge in [0.25, 0.3) is 0 Å². The molecule has 3 aromatic carbocycles. The predicted octanol–water partition coefficient (Wildman–Crippen LogP) is 6.03. The van der Waals surface area contributed by atoms with Gasteiger partial charge in [-0.3, -0.25) is 0 Å². The van der Waals surface area contributed by atoms with E-state index >= 15 is 0 Å². The van der Waals surface area contributed by atoms with Crippen molar-refractivity contribution in [1.29, 1.82) is 0 Å². The van der Waals surface area contributed by atoms with Gasteiger partial charge in [-0.25, -0.2) is 4.79 Å². The summed E-state index contributed by atoms with van der Waals surface area (Å²) in [5, 5.41) is 0. The smallest absolute Gasteiger partial charge is 0.386 e. The molecule has 0 atom stereocenters. The number of benzene rings is 3. The van der Waals surface area contributed by atoms with Gasteiger partial charge in [-0.05, 0) is 56.2 Å². The van der Waals surface area contributed by atoms with Crippen LogP contribution in [0.15, 0.2) is 72.8 Å². The van der Waals surface area contributed by atoms with E-state index in [0.29, 0.717) is 5.56 Å². The molecule has 3 aromatic rings. The number of hydrogen-bond acceptors (Lipinski definition) is 5. The van der Waals surface area contributed by atoms with Gasteiger partial charge in [-0.2, -0.15) is 4.57 Å². The Hall–Kier alpha value is -3.04. The molecule has 0 heterocycles. The zero-order valence-electron chi connectivity index (χ0n) is 15.9. The van der Waals surface area contributed by atoms with Crippen molar-refractivity contribution in [2.75, 3.05) is 0 Å². The van der Waals surface area contributed by atoms with Crippen molar-refractivity contribution >= 4 is 13.8 Å². The summed E-state index contributed by atoms with van der Waals surface area (Å²) in [4.78, 5) is 12.8. The van der Waals surface area contributed by atoms with Crippen LogP contribution in [0.2, 0.25) is 0 Å². The van der Waals surface area contributed by atoms with Crippen molar-refractivity contribution in [1.82, 2.24) is 0 Å². The van der Waals surface area contributed by atoms with E-state index in [1.165, 1.54) is 0 Å². The third-order valence-corrected chi connectivity index (χ3v) is 5.25. The fourth-order valence-corrected chi connectivity index (χ4v) is 4.09. The zero-order chi connectivity index (χ0) is 20.1. The van der Waals surface area contributed by atoms with Gasteiger partial charge in [0.15, 0.2) is 0 Å². The van der Waals surface area contributed by atoms with Crippen LogP contribution in [0.3, 0.4) is 0 Å². The highest BCUT2D eigenvalue weighted by Gasteiger charge is 2.36. The Morgan fingerprint density at radius 3 is 1.61 bits per heavy atom. The summed E-state index contributed by atoms with van der Waals surface area (Å²) in [7, 11) is -4.29. The van der Waals surface area contributed by atoms with E-state index in [1.807, 2.05) is 19.1 Å². The van der Waals surface area contributed by atoms with Gasteiger partial charge in [0.2, 0.25) is 0 Å². The van der Waals surface area contributed by atoms with Crippen LogP contribution in [0.5, 0.6) is 11.5 Å². The second-order valence-corrected chi connectivity index (χ2v) is 7.85. The number of carbonyl (C=O) groups excluding carboxylic acids is 1. The van der Waals surface area contributed by atoms with E-state index in [-0.39, 0.29) is 11.5 Å². The normalized spacial score (nSPS) is 11.0. The highest BCUT2D eigenvalue weighted by molar-refractivity contribution is 7.50. The highest BCUT2D eigenvalue weighted by Crippen LogP contribution is 2.50. The summed E-state index contributed by atoms with van der Waals surface area (Å²) >= 11 is 0. The summed E-state index contributed by atoms with van der Waals surface area (Å²) in [6.45, 7) is 5.55. The van der Waals surface area contributed by atoms with Crippen molar-refractivity contribution in [2.45, 2.75) is 20.8 Å². The van der Waals surface area contributed by atoms with Crippen molar-refractivity contribution in [2.24, 2.45) is 0 Å². The molecule has 144 valence electrons. The maximum absolute atomic E-state index is 13.3. The maximum Gasteiger partial charge on any atom is 0.649 e. The topological polar surface area (TPSA) is 61.8 Å². The first-order chi connectivity index (χ1) is 13.4. The number of rotatable bonds is 6. The standard InChI is InChI=1S/C22H21O5P/c1-16-14-17(2)21(18(3)15-16)22(23)27-28(24,25-19-10-6-4-7-11-19)26-20-12-8-5-9-13-20/h4-15H,1-3H3. The molecular weight excluding hydrogens is 375 g/mol. The average molecular weight is 396 g/mol. The molecule has 0 aliphatic carbocycles. The zero-order valence-corrected chi connectivity index (χ0v) is 16.8. The molecule has 5 nitrogen and oxygen atoms in total. The third-order valence-electron chi connectivity index (χ3n) is 4.00. The molecule has 6 heteroatoms. The van der Waals surface area contributed by atoms with Crippen LogP contribution in [0.4, 0.5) is 0 Å². The quantitative estimate of drug-likeness (QED) is 0.476. The Kier molecular flexibility index (Phi) is 5.86. The number of carbonyl (C=O) groups is 1. The molecule has 3 rings (SSSR count). The molecule has 0 radical (unpaired) electrons. The van der Waals surface area contributed by atoms with E-state index in [9.17, 15) is 9.36 Å². The molecule has 0 saturated carbocycles. The SMILES string of the molecule is Cc1cc(C)c(C(=O)OP(=O)(Oc2ccccc2)Oc2ccccc2)c(C)c1. The van der Waals surface area contributed by atoms with Gasteiger partial charge >= 0.3 is 13.8 Å². The largest absolute Gasteiger partial charge is 0.649 e. The second-order valence-electron chi connectivity index (χ2n) is 6.41. The van der Waals surface area contributed by atoms with Crippen LogP contribution >= 0.6 is 7.82 Å². The fourth-order valence-electron chi connectivity index (χ4n) is 2.93. The molecule has 0 unspecified atom stereocenters. The summed E-state index contributed by atoms with van der Waals surface area (Å²) < 4.78 is 29.6. The third kappa shape index (κ3) is 4.81. The van der Waals surface area contributed by atoms with Gasteiger partial charge in [0.1, 0.15) is 11.5 Å². The lowest BCUT2D eigenvalue weighted by molar-refractivity contribution is 0.0687. The van der Waals surface area contributed by atoms with Crippen LogP contribution in [0.25, 0.3) is 0 Å². The minimum Gasteiger partial charge on any atom is -0.386 e. The van der Waals surface area contributed by atoms with E-state index in [4.69, 9.17) is 13.6 Å². The van der Waals surface area contributed by atoms with E-state index < -0.39 is 13.8 Å².